The van der Waals surface area contributed by atoms with Crippen molar-refractivity contribution < 1.29 is 0 Å². The summed E-state index contributed by atoms with van der Waals surface area (Å²) in [5.74, 6) is 0. The van der Waals surface area contributed by atoms with E-state index in [-0.39, 0.29) is 0 Å². The van der Waals surface area contributed by atoms with Crippen molar-refractivity contribution in [3.8, 4) is 50.8 Å². The van der Waals surface area contributed by atoms with Crippen LogP contribution in [-0.4, -0.2) is 14.1 Å². The smallest absolute Gasteiger partial charge is 0.104 e. The van der Waals surface area contributed by atoms with Crippen LogP contribution < -0.4 is 0 Å². The predicted molar refractivity (Wildman–Crippen MR) is 228 cm³/mol. The number of benzene rings is 7. The van der Waals surface area contributed by atoms with Crippen LogP contribution in [0.25, 0.3) is 88.4 Å². The van der Waals surface area contributed by atoms with Crippen LogP contribution in [0.15, 0.2) is 164 Å². The zero-order chi connectivity index (χ0) is 37.2. The molecule has 0 bridgehead atoms. The summed E-state index contributed by atoms with van der Waals surface area (Å²) in [7, 11) is 0. The zero-order valence-corrected chi connectivity index (χ0v) is 30.9. The summed E-state index contributed by atoms with van der Waals surface area (Å²) in [4.78, 5) is 4.52. The van der Waals surface area contributed by atoms with Gasteiger partial charge in [0.05, 0.1) is 33.4 Å². The predicted octanol–water partition coefficient (Wildman–Crippen LogP) is 13.1. The Balaban J connectivity index is 1.30. The Kier molecular flexibility index (Phi) is 7.50. The van der Waals surface area contributed by atoms with Crippen molar-refractivity contribution in [1.82, 2.24) is 14.1 Å². The van der Waals surface area contributed by atoms with E-state index in [0.29, 0.717) is 5.56 Å². The van der Waals surface area contributed by atoms with Gasteiger partial charge in [-0.2, -0.15) is 5.26 Å². The lowest BCUT2D eigenvalue weighted by Crippen LogP contribution is -2.05. The van der Waals surface area contributed by atoms with Gasteiger partial charge in [-0.1, -0.05) is 97.1 Å². The Bertz CT molecular complexity index is 3020. The second-order valence-electron chi connectivity index (χ2n) is 14.5. The maximum Gasteiger partial charge on any atom is 0.104 e. The van der Waals surface area contributed by atoms with Gasteiger partial charge in [0, 0.05) is 33.4 Å². The van der Waals surface area contributed by atoms with Crippen LogP contribution in [0.2, 0.25) is 0 Å². The number of nitrogens with zero attached hydrogens (tertiary/aromatic N) is 4. The van der Waals surface area contributed by atoms with E-state index in [0.717, 1.165) is 71.8 Å². The van der Waals surface area contributed by atoms with Crippen LogP contribution in [0.5, 0.6) is 0 Å². The molecule has 10 rings (SSSR count). The molecule has 7 aromatic carbocycles. The second-order valence-corrected chi connectivity index (χ2v) is 14.5. The average Bonchev–Trinajstić information content (AvgIpc) is 3.73. The average molecular weight is 705 g/mol. The van der Waals surface area contributed by atoms with Gasteiger partial charge < -0.3 is 9.13 Å². The first kappa shape index (κ1) is 32.4. The third-order valence-corrected chi connectivity index (χ3v) is 11.2. The molecule has 10 aromatic rings. The minimum absolute atomic E-state index is 0.603. The Morgan fingerprint density at radius 1 is 0.436 bits per heavy atom. The third-order valence-electron chi connectivity index (χ3n) is 11.2. The zero-order valence-electron chi connectivity index (χ0n) is 30.9. The minimum atomic E-state index is 0.603. The molecule has 0 aliphatic carbocycles. The van der Waals surface area contributed by atoms with E-state index >= 15 is 0 Å². The molecule has 3 heterocycles. The van der Waals surface area contributed by atoms with Crippen LogP contribution >= 0.6 is 0 Å². The van der Waals surface area contributed by atoms with Crippen molar-refractivity contribution in [3.63, 3.8) is 0 Å². The largest absolute Gasteiger partial charge is 0.308 e. The molecule has 55 heavy (non-hydrogen) atoms. The number of para-hydroxylation sites is 2. The third kappa shape index (κ3) is 5.16. The fraction of sp³-hybridized carbons (Fsp3) is 0.0588. The molecule has 0 spiro atoms. The number of nitriles is 1. The topological polar surface area (TPSA) is 46.5 Å². The molecular weight excluding hydrogens is 669 g/mol. The summed E-state index contributed by atoms with van der Waals surface area (Å²) >= 11 is 0. The van der Waals surface area contributed by atoms with Gasteiger partial charge in [0.25, 0.3) is 0 Å². The lowest BCUT2D eigenvalue weighted by molar-refractivity contribution is 1.12. The molecule has 0 aliphatic heterocycles. The van der Waals surface area contributed by atoms with Crippen molar-refractivity contribution in [2.45, 2.75) is 20.8 Å². The van der Waals surface area contributed by atoms with Crippen LogP contribution in [0.1, 0.15) is 22.4 Å². The van der Waals surface area contributed by atoms with Crippen molar-refractivity contribution in [3.05, 3.63) is 186 Å². The molecule has 0 aliphatic rings. The van der Waals surface area contributed by atoms with E-state index < -0.39 is 0 Å². The Labute approximate surface area is 319 Å². The van der Waals surface area contributed by atoms with Gasteiger partial charge >= 0.3 is 0 Å². The molecule has 4 nitrogen and oxygen atoms in total. The number of hydrogen-bond acceptors (Lipinski definition) is 2. The standard InChI is InChI=1S/C51H36N4/c1-32-12-4-6-14-39(32)36-20-22-48-43(27-36)41-16-8-10-18-46(41)54(48)50-29-38(35-24-25-53-34(3)26-35)30-51(45(50)31-52)55-47-19-11-9-17-42(47)44-28-37(21-23-49(44)55)40-15-7-5-13-33(40)2/h4-30H,1-3H3. The van der Waals surface area contributed by atoms with Crippen molar-refractivity contribution in [2.24, 2.45) is 0 Å². The van der Waals surface area contributed by atoms with Crippen LogP contribution in [0, 0.1) is 32.1 Å². The highest BCUT2D eigenvalue weighted by atomic mass is 15.0. The number of pyridine rings is 1. The highest BCUT2D eigenvalue weighted by Crippen LogP contribution is 2.42. The number of aromatic nitrogens is 3. The van der Waals surface area contributed by atoms with Gasteiger partial charge in [0.15, 0.2) is 0 Å². The van der Waals surface area contributed by atoms with E-state index in [4.69, 9.17) is 0 Å². The number of hydrogen-bond donors (Lipinski definition) is 0. The lowest BCUT2D eigenvalue weighted by atomic mass is 9.98. The molecule has 260 valence electrons. The fourth-order valence-corrected chi connectivity index (χ4v) is 8.56. The van der Waals surface area contributed by atoms with Gasteiger partial charge in [0.2, 0.25) is 0 Å². The fourth-order valence-electron chi connectivity index (χ4n) is 8.56. The van der Waals surface area contributed by atoms with E-state index in [1.807, 2.05) is 13.1 Å². The number of fused-ring (bicyclic) bond motifs is 6. The van der Waals surface area contributed by atoms with Crippen LogP contribution in [0.3, 0.4) is 0 Å². The highest BCUT2D eigenvalue weighted by Gasteiger charge is 2.23. The van der Waals surface area contributed by atoms with Gasteiger partial charge in [0.1, 0.15) is 11.6 Å². The van der Waals surface area contributed by atoms with Crippen LogP contribution in [0.4, 0.5) is 0 Å². The molecule has 4 heteroatoms. The van der Waals surface area contributed by atoms with E-state index in [2.05, 4.69) is 192 Å². The molecule has 0 atom stereocenters. The van der Waals surface area contributed by atoms with Crippen molar-refractivity contribution >= 4 is 43.6 Å². The summed E-state index contributed by atoms with van der Waals surface area (Å²) < 4.78 is 4.58. The summed E-state index contributed by atoms with van der Waals surface area (Å²) in [6.45, 7) is 6.34. The molecule has 0 fully saturated rings. The molecule has 0 saturated heterocycles. The Morgan fingerprint density at radius 3 is 1.40 bits per heavy atom. The lowest BCUT2D eigenvalue weighted by Gasteiger charge is -2.18. The summed E-state index contributed by atoms with van der Waals surface area (Å²) in [5.41, 5.74) is 16.7. The Morgan fingerprint density at radius 2 is 0.909 bits per heavy atom. The van der Waals surface area contributed by atoms with E-state index in [1.165, 1.54) is 33.4 Å². The first-order chi connectivity index (χ1) is 27.0. The molecule has 0 N–H and O–H groups in total. The molecule has 0 radical (unpaired) electrons. The SMILES string of the molecule is Cc1cc(-c2cc(-n3c4ccccc4c4cc(-c5ccccc5C)ccc43)c(C#N)c(-n3c4ccccc4c4cc(-c5ccccc5C)ccc43)c2)ccn1. The maximum absolute atomic E-state index is 11.4. The van der Waals surface area contributed by atoms with Crippen LogP contribution in [-0.2, 0) is 0 Å². The van der Waals surface area contributed by atoms with Gasteiger partial charge in [-0.25, -0.2) is 0 Å². The monoisotopic (exact) mass is 704 g/mol. The molecule has 0 unspecified atom stereocenters. The highest BCUT2D eigenvalue weighted by molar-refractivity contribution is 6.12. The summed E-state index contributed by atoms with van der Waals surface area (Å²) in [5, 5.41) is 15.9. The Hall–Kier alpha value is -7.22. The van der Waals surface area contributed by atoms with Gasteiger partial charge in [-0.05, 0) is 126 Å². The van der Waals surface area contributed by atoms with E-state index in [1.54, 1.807) is 0 Å². The second kappa shape index (κ2) is 12.7. The normalized spacial score (nSPS) is 11.5. The number of aryl methyl sites for hydroxylation is 3. The van der Waals surface area contributed by atoms with E-state index in [9.17, 15) is 5.26 Å². The molecule has 0 saturated carbocycles. The summed E-state index contributed by atoms with van der Waals surface area (Å²) in [6, 6.07) is 58.9. The number of rotatable bonds is 5. The van der Waals surface area contributed by atoms with Crippen molar-refractivity contribution in [1.29, 1.82) is 5.26 Å². The van der Waals surface area contributed by atoms with Gasteiger partial charge in [-0.15, -0.1) is 0 Å². The maximum atomic E-state index is 11.4. The van der Waals surface area contributed by atoms with Crippen molar-refractivity contribution in [2.75, 3.05) is 0 Å². The molecule has 3 aromatic heterocycles. The summed E-state index contributed by atoms with van der Waals surface area (Å²) in [6.07, 6.45) is 1.86. The van der Waals surface area contributed by atoms with Gasteiger partial charge in [-0.3, -0.25) is 4.98 Å². The minimum Gasteiger partial charge on any atom is -0.308 e. The first-order valence-electron chi connectivity index (χ1n) is 18.7. The molecule has 0 amide bonds. The first-order valence-corrected chi connectivity index (χ1v) is 18.7. The molecular formula is C51H36N4. The quantitative estimate of drug-likeness (QED) is 0.179.